The number of ether oxygens (including phenoxy) is 1. The van der Waals surface area contributed by atoms with Crippen LogP contribution in [0, 0.1) is 0 Å². The molecule has 4 nitrogen and oxygen atoms in total. The number of hydrogen-bond acceptors (Lipinski definition) is 4. The summed E-state index contributed by atoms with van der Waals surface area (Å²) in [5, 5.41) is 22.2. The van der Waals surface area contributed by atoms with E-state index in [1.54, 1.807) is 12.1 Å². The molecule has 30 heavy (non-hydrogen) atoms. The SMILES string of the molecule is Oc1ccc([C@@](O)(Cc2ccccc2)[C@H](CN2CCOCC2)c2ccccc2)cc1. The number of morpholine rings is 1. The molecule has 0 aliphatic carbocycles. The fourth-order valence-corrected chi connectivity index (χ4v) is 4.34. The van der Waals surface area contributed by atoms with E-state index in [-0.39, 0.29) is 11.7 Å². The molecule has 0 spiro atoms. The van der Waals surface area contributed by atoms with Gasteiger partial charge in [0.2, 0.25) is 0 Å². The Labute approximate surface area is 178 Å². The minimum absolute atomic E-state index is 0.137. The van der Waals surface area contributed by atoms with Crippen LogP contribution < -0.4 is 0 Å². The van der Waals surface area contributed by atoms with Crippen molar-refractivity contribution < 1.29 is 14.9 Å². The van der Waals surface area contributed by atoms with Crippen molar-refractivity contribution in [3.63, 3.8) is 0 Å². The number of aliphatic hydroxyl groups is 1. The summed E-state index contributed by atoms with van der Waals surface area (Å²) in [4.78, 5) is 2.37. The molecular weight excluding hydrogens is 374 g/mol. The molecule has 4 rings (SSSR count). The van der Waals surface area contributed by atoms with Gasteiger partial charge in [-0.05, 0) is 28.8 Å². The van der Waals surface area contributed by atoms with Crippen LogP contribution in [0.1, 0.15) is 22.6 Å². The van der Waals surface area contributed by atoms with E-state index in [9.17, 15) is 10.2 Å². The fraction of sp³-hybridized carbons (Fsp3) is 0.308. The highest BCUT2D eigenvalue weighted by molar-refractivity contribution is 5.37. The lowest BCUT2D eigenvalue weighted by Crippen LogP contribution is -2.45. The maximum atomic E-state index is 12.3. The van der Waals surface area contributed by atoms with Crippen molar-refractivity contribution in [3.8, 4) is 5.75 Å². The van der Waals surface area contributed by atoms with Gasteiger partial charge in [-0.15, -0.1) is 0 Å². The third-order valence-corrected chi connectivity index (χ3v) is 6.01. The van der Waals surface area contributed by atoms with Crippen LogP contribution in [0.5, 0.6) is 5.75 Å². The van der Waals surface area contributed by atoms with Crippen LogP contribution in [0.2, 0.25) is 0 Å². The molecule has 2 N–H and O–H groups in total. The topological polar surface area (TPSA) is 52.9 Å². The largest absolute Gasteiger partial charge is 0.508 e. The molecule has 1 saturated heterocycles. The summed E-state index contributed by atoms with van der Waals surface area (Å²) in [5.74, 6) is 0.0619. The van der Waals surface area contributed by atoms with Crippen LogP contribution in [-0.4, -0.2) is 48.0 Å². The van der Waals surface area contributed by atoms with Crippen molar-refractivity contribution >= 4 is 0 Å². The van der Waals surface area contributed by atoms with E-state index >= 15 is 0 Å². The molecule has 2 atom stereocenters. The van der Waals surface area contributed by atoms with Crippen molar-refractivity contribution in [2.24, 2.45) is 0 Å². The first-order chi connectivity index (χ1) is 14.6. The number of phenolic OH excluding ortho intramolecular Hbond substituents is 1. The molecular formula is C26H29NO3. The van der Waals surface area contributed by atoms with Crippen LogP contribution in [0.4, 0.5) is 0 Å². The Morgan fingerprint density at radius 1 is 0.833 bits per heavy atom. The lowest BCUT2D eigenvalue weighted by Gasteiger charge is -2.41. The lowest BCUT2D eigenvalue weighted by molar-refractivity contribution is -0.0223. The van der Waals surface area contributed by atoms with Crippen molar-refractivity contribution in [1.29, 1.82) is 0 Å². The lowest BCUT2D eigenvalue weighted by atomic mass is 9.73. The first-order valence-corrected chi connectivity index (χ1v) is 10.6. The Morgan fingerprint density at radius 3 is 2.07 bits per heavy atom. The van der Waals surface area contributed by atoms with E-state index < -0.39 is 5.60 Å². The zero-order valence-corrected chi connectivity index (χ0v) is 17.2. The van der Waals surface area contributed by atoms with Gasteiger partial charge in [0.15, 0.2) is 0 Å². The predicted molar refractivity (Wildman–Crippen MR) is 119 cm³/mol. The summed E-state index contributed by atoms with van der Waals surface area (Å²) in [7, 11) is 0. The van der Waals surface area contributed by atoms with E-state index in [0.717, 1.165) is 49.5 Å². The summed E-state index contributed by atoms with van der Waals surface area (Å²) < 4.78 is 5.53. The molecule has 4 heteroatoms. The normalized spacial score (nSPS) is 17.9. The molecule has 0 amide bonds. The van der Waals surface area contributed by atoms with Gasteiger partial charge < -0.3 is 14.9 Å². The molecule has 0 bridgehead atoms. The predicted octanol–water partition coefficient (Wildman–Crippen LogP) is 3.94. The van der Waals surface area contributed by atoms with Gasteiger partial charge in [-0.2, -0.15) is 0 Å². The zero-order valence-electron chi connectivity index (χ0n) is 17.2. The molecule has 1 aliphatic heterocycles. The summed E-state index contributed by atoms with van der Waals surface area (Å²) in [6.07, 6.45) is 0.489. The summed E-state index contributed by atoms with van der Waals surface area (Å²) in [6, 6.07) is 27.4. The van der Waals surface area contributed by atoms with Crippen molar-refractivity contribution in [2.45, 2.75) is 17.9 Å². The summed E-state index contributed by atoms with van der Waals surface area (Å²) in [6.45, 7) is 3.90. The molecule has 3 aromatic carbocycles. The monoisotopic (exact) mass is 403 g/mol. The number of aromatic hydroxyl groups is 1. The Bertz CT molecular complexity index is 908. The second kappa shape index (κ2) is 9.43. The minimum atomic E-state index is -1.13. The highest BCUT2D eigenvalue weighted by Crippen LogP contribution is 2.41. The maximum absolute atomic E-state index is 12.3. The average Bonchev–Trinajstić information content (AvgIpc) is 2.80. The van der Waals surface area contributed by atoms with Gasteiger partial charge >= 0.3 is 0 Å². The van der Waals surface area contributed by atoms with Gasteiger partial charge in [-0.3, -0.25) is 4.90 Å². The van der Waals surface area contributed by atoms with Crippen LogP contribution in [0.25, 0.3) is 0 Å². The van der Waals surface area contributed by atoms with Crippen LogP contribution >= 0.6 is 0 Å². The smallest absolute Gasteiger partial charge is 0.115 e. The Balaban J connectivity index is 1.77. The van der Waals surface area contributed by atoms with Gasteiger partial charge in [-0.1, -0.05) is 72.8 Å². The van der Waals surface area contributed by atoms with E-state index in [1.807, 2.05) is 48.5 Å². The number of benzene rings is 3. The van der Waals surface area contributed by atoms with Gasteiger partial charge in [0, 0.05) is 32.0 Å². The number of phenols is 1. The Morgan fingerprint density at radius 2 is 1.43 bits per heavy atom. The molecule has 0 aromatic heterocycles. The van der Waals surface area contributed by atoms with Crippen molar-refractivity contribution in [2.75, 3.05) is 32.8 Å². The van der Waals surface area contributed by atoms with Gasteiger partial charge in [0.1, 0.15) is 11.4 Å². The third kappa shape index (κ3) is 4.73. The maximum Gasteiger partial charge on any atom is 0.115 e. The Hall–Kier alpha value is -2.66. The molecule has 156 valence electrons. The van der Waals surface area contributed by atoms with Crippen LogP contribution in [0.15, 0.2) is 84.9 Å². The van der Waals surface area contributed by atoms with Crippen molar-refractivity contribution in [1.82, 2.24) is 4.90 Å². The van der Waals surface area contributed by atoms with E-state index in [4.69, 9.17) is 4.74 Å². The van der Waals surface area contributed by atoms with E-state index in [0.29, 0.717) is 6.42 Å². The van der Waals surface area contributed by atoms with Crippen LogP contribution in [-0.2, 0) is 16.8 Å². The second-order valence-electron chi connectivity index (χ2n) is 8.01. The minimum Gasteiger partial charge on any atom is -0.508 e. The zero-order chi connectivity index (χ0) is 20.8. The van der Waals surface area contributed by atoms with E-state index in [2.05, 4.69) is 29.2 Å². The first kappa shape index (κ1) is 20.6. The average molecular weight is 404 g/mol. The molecule has 0 saturated carbocycles. The molecule has 1 aliphatic rings. The van der Waals surface area contributed by atoms with Crippen molar-refractivity contribution in [3.05, 3.63) is 102 Å². The first-order valence-electron chi connectivity index (χ1n) is 10.6. The molecule has 1 fully saturated rings. The number of nitrogens with zero attached hydrogens (tertiary/aromatic N) is 1. The van der Waals surface area contributed by atoms with Gasteiger partial charge in [0.25, 0.3) is 0 Å². The summed E-state index contributed by atoms with van der Waals surface area (Å²) in [5.41, 5.74) is 1.87. The molecule has 1 heterocycles. The molecule has 0 radical (unpaired) electrons. The highest BCUT2D eigenvalue weighted by atomic mass is 16.5. The standard InChI is InChI=1S/C26H29NO3/c28-24-13-11-23(12-14-24)26(29,19-21-7-3-1-4-8-21)25(22-9-5-2-6-10-22)20-27-15-17-30-18-16-27/h1-14,25,28-29H,15-20H2/t25-,26+/m1/s1. The molecule has 3 aromatic rings. The second-order valence-corrected chi connectivity index (χ2v) is 8.01. The summed E-state index contributed by atoms with van der Waals surface area (Å²) >= 11 is 0. The van der Waals surface area contributed by atoms with Gasteiger partial charge in [-0.25, -0.2) is 0 Å². The number of hydrogen-bond donors (Lipinski definition) is 2. The van der Waals surface area contributed by atoms with Gasteiger partial charge in [0.05, 0.1) is 13.2 Å². The Kier molecular flexibility index (Phi) is 6.48. The highest BCUT2D eigenvalue weighted by Gasteiger charge is 2.40. The quantitative estimate of drug-likeness (QED) is 0.627. The third-order valence-electron chi connectivity index (χ3n) is 6.01. The fourth-order valence-electron chi connectivity index (χ4n) is 4.34. The molecule has 0 unspecified atom stereocenters. The van der Waals surface area contributed by atoms with E-state index in [1.165, 1.54) is 0 Å². The number of rotatable bonds is 7. The van der Waals surface area contributed by atoms with Crippen LogP contribution in [0.3, 0.4) is 0 Å².